The van der Waals surface area contributed by atoms with Gasteiger partial charge in [0.05, 0.1) is 12.3 Å². The molecule has 1 aromatic heterocycles. The molecule has 0 aromatic carbocycles. The Bertz CT molecular complexity index is 323. The van der Waals surface area contributed by atoms with Crippen molar-refractivity contribution in [1.82, 2.24) is 9.97 Å². The highest BCUT2D eigenvalue weighted by Gasteiger charge is 2.26. The van der Waals surface area contributed by atoms with Gasteiger partial charge in [-0.15, -0.1) is 0 Å². The number of aliphatic hydroxyl groups is 4. The number of aliphatic hydroxyl groups excluding tert-OH is 4. The Morgan fingerprint density at radius 1 is 1.33 bits per heavy atom. The van der Waals surface area contributed by atoms with Crippen molar-refractivity contribution in [1.29, 1.82) is 0 Å². The quantitative estimate of drug-likeness (QED) is 0.385. The largest absolute Gasteiger partial charge is 0.394 e. The van der Waals surface area contributed by atoms with Crippen LogP contribution in [0.2, 0.25) is 0 Å². The zero-order valence-electron chi connectivity index (χ0n) is 7.85. The van der Waals surface area contributed by atoms with Gasteiger partial charge in [0.15, 0.2) is 0 Å². The number of rotatable bonds is 4. The minimum absolute atomic E-state index is 0.0442. The number of nitrogens with zero attached hydrogens (tertiary/aromatic N) is 2. The lowest BCUT2D eigenvalue weighted by Gasteiger charge is -2.20. The van der Waals surface area contributed by atoms with Crippen molar-refractivity contribution < 1.29 is 20.4 Å². The minimum Gasteiger partial charge on any atom is -0.394 e. The lowest BCUT2D eigenvalue weighted by Crippen LogP contribution is -2.35. The van der Waals surface area contributed by atoms with Crippen LogP contribution in [-0.2, 0) is 0 Å². The Balaban J connectivity index is 2.80. The fraction of sp³-hybridized carbons (Fsp3) is 0.500. The average Bonchev–Trinajstić information content (AvgIpc) is 2.26. The van der Waals surface area contributed by atoms with Crippen molar-refractivity contribution in [2.24, 2.45) is 0 Å². The Kier molecular flexibility index (Phi) is 3.92. The van der Waals surface area contributed by atoms with Crippen LogP contribution in [0.3, 0.4) is 0 Å². The molecule has 1 rings (SSSR count). The summed E-state index contributed by atoms with van der Waals surface area (Å²) in [6, 6.07) is 1.36. The van der Waals surface area contributed by atoms with Gasteiger partial charge in [0.1, 0.15) is 18.3 Å². The first-order chi connectivity index (χ1) is 7.06. The zero-order valence-corrected chi connectivity index (χ0v) is 7.85. The fourth-order valence-electron chi connectivity index (χ4n) is 1.05. The van der Waals surface area contributed by atoms with Gasteiger partial charge in [-0.3, -0.25) is 0 Å². The molecule has 84 valence electrons. The SMILES string of the molecule is Nc1nccc([C@@H](O)[C@H](O)[C@H](O)CO)n1. The van der Waals surface area contributed by atoms with Crippen LogP contribution in [0.1, 0.15) is 11.8 Å². The van der Waals surface area contributed by atoms with Crippen molar-refractivity contribution >= 4 is 5.95 Å². The maximum absolute atomic E-state index is 9.55. The van der Waals surface area contributed by atoms with Gasteiger partial charge in [0.25, 0.3) is 0 Å². The van der Waals surface area contributed by atoms with Crippen LogP contribution < -0.4 is 5.73 Å². The standard InChI is InChI=1S/C8H13N3O4/c9-8-10-2-1-4(11-8)6(14)7(15)5(13)3-12/h1-2,5-7,12-15H,3H2,(H2,9,10,11)/t5-,6-,7-/m1/s1. The summed E-state index contributed by atoms with van der Waals surface area (Å²) in [7, 11) is 0. The lowest BCUT2D eigenvalue weighted by molar-refractivity contribution is -0.0789. The van der Waals surface area contributed by atoms with Gasteiger partial charge in [-0.25, -0.2) is 9.97 Å². The molecule has 15 heavy (non-hydrogen) atoms. The average molecular weight is 215 g/mol. The van der Waals surface area contributed by atoms with Gasteiger partial charge in [-0.1, -0.05) is 0 Å². The third-order valence-corrected chi connectivity index (χ3v) is 1.90. The smallest absolute Gasteiger partial charge is 0.220 e. The molecule has 1 heterocycles. The van der Waals surface area contributed by atoms with Gasteiger partial charge in [0.2, 0.25) is 5.95 Å². The second-order valence-corrected chi connectivity index (χ2v) is 3.03. The minimum atomic E-state index is -1.52. The predicted molar refractivity (Wildman–Crippen MR) is 50.5 cm³/mol. The Labute approximate surface area is 85.8 Å². The molecule has 0 aliphatic carbocycles. The van der Waals surface area contributed by atoms with Crippen LogP contribution in [0.5, 0.6) is 0 Å². The first-order valence-electron chi connectivity index (χ1n) is 4.29. The summed E-state index contributed by atoms with van der Waals surface area (Å²) in [5.41, 5.74) is 5.36. The molecule has 0 saturated heterocycles. The van der Waals surface area contributed by atoms with E-state index in [-0.39, 0.29) is 11.6 Å². The number of nitrogen functional groups attached to an aromatic ring is 1. The second-order valence-electron chi connectivity index (χ2n) is 3.03. The van der Waals surface area contributed by atoms with Crippen LogP contribution in [0.25, 0.3) is 0 Å². The summed E-state index contributed by atoms with van der Waals surface area (Å²) in [5, 5.41) is 36.6. The molecule has 0 bridgehead atoms. The van der Waals surface area contributed by atoms with Crippen molar-refractivity contribution in [2.45, 2.75) is 18.3 Å². The Hall–Kier alpha value is -1.28. The Morgan fingerprint density at radius 3 is 2.53 bits per heavy atom. The highest BCUT2D eigenvalue weighted by Crippen LogP contribution is 2.16. The van der Waals surface area contributed by atoms with E-state index in [4.69, 9.17) is 15.9 Å². The lowest BCUT2D eigenvalue weighted by atomic mass is 10.1. The van der Waals surface area contributed by atoms with E-state index < -0.39 is 24.9 Å². The molecule has 7 heteroatoms. The molecule has 0 spiro atoms. The molecule has 0 fully saturated rings. The monoisotopic (exact) mass is 215 g/mol. The van der Waals surface area contributed by atoms with Crippen molar-refractivity contribution in [3.8, 4) is 0 Å². The van der Waals surface area contributed by atoms with Crippen LogP contribution in [0.4, 0.5) is 5.95 Å². The number of anilines is 1. The molecular formula is C8H13N3O4. The van der Waals surface area contributed by atoms with E-state index in [2.05, 4.69) is 9.97 Å². The number of hydrogen-bond donors (Lipinski definition) is 5. The van der Waals surface area contributed by atoms with E-state index in [1.54, 1.807) is 0 Å². The van der Waals surface area contributed by atoms with Gasteiger partial charge >= 0.3 is 0 Å². The molecule has 0 saturated carbocycles. The molecule has 6 N–H and O–H groups in total. The second kappa shape index (κ2) is 4.99. The topological polar surface area (TPSA) is 133 Å². The van der Waals surface area contributed by atoms with E-state index in [1.165, 1.54) is 12.3 Å². The van der Waals surface area contributed by atoms with Crippen LogP contribution >= 0.6 is 0 Å². The first kappa shape index (κ1) is 11.8. The predicted octanol–water partition coefficient (Wildman–Crippen LogP) is -2.19. The van der Waals surface area contributed by atoms with Gasteiger partial charge in [-0.2, -0.15) is 0 Å². The molecule has 0 aliphatic heterocycles. The molecule has 0 amide bonds. The highest BCUT2D eigenvalue weighted by molar-refractivity contribution is 5.19. The maximum atomic E-state index is 9.55. The highest BCUT2D eigenvalue weighted by atomic mass is 16.4. The molecule has 3 atom stereocenters. The summed E-state index contributed by atoms with van der Waals surface area (Å²) in [5.74, 6) is -0.0442. The summed E-state index contributed by atoms with van der Waals surface area (Å²) in [4.78, 5) is 7.28. The van der Waals surface area contributed by atoms with E-state index >= 15 is 0 Å². The zero-order chi connectivity index (χ0) is 11.4. The number of hydrogen-bond acceptors (Lipinski definition) is 7. The summed E-state index contributed by atoms with van der Waals surface area (Å²) in [6.07, 6.45) is -3.06. The summed E-state index contributed by atoms with van der Waals surface area (Å²) >= 11 is 0. The van der Waals surface area contributed by atoms with E-state index in [0.717, 1.165) is 0 Å². The van der Waals surface area contributed by atoms with Crippen molar-refractivity contribution in [3.05, 3.63) is 18.0 Å². The van der Waals surface area contributed by atoms with Crippen LogP contribution in [0, 0.1) is 0 Å². The van der Waals surface area contributed by atoms with Gasteiger partial charge < -0.3 is 26.2 Å². The van der Waals surface area contributed by atoms with Gasteiger partial charge in [-0.05, 0) is 6.07 Å². The number of nitrogens with two attached hydrogens (primary N) is 1. The van der Waals surface area contributed by atoms with E-state index in [0.29, 0.717) is 0 Å². The van der Waals surface area contributed by atoms with E-state index in [9.17, 15) is 10.2 Å². The van der Waals surface area contributed by atoms with Gasteiger partial charge in [0, 0.05) is 6.20 Å². The fourth-order valence-corrected chi connectivity index (χ4v) is 1.05. The Morgan fingerprint density at radius 2 is 2.00 bits per heavy atom. The molecule has 0 aliphatic rings. The summed E-state index contributed by atoms with van der Waals surface area (Å²) in [6.45, 7) is -0.654. The third-order valence-electron chi connectivity index (χ3n) is 1.90. The number of aromatic nitrogens is 2. The van der Waals surface area contributed by atoms with Crippen LogP contribution in [0.15, 0.2) is 12.3 Å². The summed E-state index contributed by atoms with van der Waals surface area (Å²) < 4.78 is 0. The van der Waals surface area contributed by atoms with Crippen molar-refractivity contribution in [2.75, 3.05) is 12.3 Å². The maximum Gasteiger partial charge on any atom is 0.220 e. The molecular weight excluding hydrogens is 202 g/mol. The van der Waals surface area contributed by atoms with Crippen molar-refractivity contribution in [3.63, 3.8) is 0 Å². The molecule has 0 radical (unpaired) electrons. The molecule has 1 aromatic rings. The molecule has 0 unspecified atom stereocenters. The first-order valence-corrected chi connectivity index (χ1v) is 4.29. The normalized spacial score (nSPS) is 17.1. The third kappa shape index (κ3) is 2.83. The molecule has 7 nitrogen and oxygen atoms in total. The van der Waals surface area contributed by atoms with E-state index in [1.807, 2.05) is 0 Å². The van der Waals surface area contributed by atoms with Crippen LogP contribution in [-0.4, -0.2) is 49.2 Å².